The maximum absolute atomic E-state index is 9.11. The Bertz CT molecular complexity index is 423. The highest BCUT2D eigenvalue weighted by molar-refractivity contribution is 6.31. The molecule has 0 bridgehead atoms. The lowest BCUT2D eigenvalue weighted by atomic mass is 10.1. The fourth-order valence-electron chi connectivity index (χ4n) is 2.14. The normalized spacial score (nSPS) is 12.2. The molecule has 0 aliphatic carbocycles. The number of aliphatic hydroxyl groups is 1. The number of anilines is 1. The Morgan fingerprint density at radius 2 is 2.25 bits per heavy atom. The summed E-state index contributed by atoms with van der Waals surface area (Å²) >= 11 is 6.39. The van der Waals surface area contributed by atoms with Crippen molar-refractivity contribution in [3.05, 3.63) is 41.4 Å². The molecule has 0 heterocycles. The first-order valence-electron chi connectivity index (χ1n) is 7.13. The van der Waals surface area contributed by atoms with E-state index in [1.165, 1.54) is 0 Å². The summed E-state index contributed by atoms with van der Waals surface area (Å²) in [5.74, 6) is 0. The number of nitrogens with zero attached hydrogens (tertiary/aromatic N) is 1. The molecule has 0 amide bonds. The molecule has 3 nitrogen and oxygen atoms in total. The predicted molar refractivity (Wildman–Crippen MR) is 87.7 cm³/mol. The van der Waals surface area contributed by atoms with Crippen LogP contribution in [-0.2, 0) is 0 Å². The monoisotopic (exact) mass is 296 g/mol. The number of hydrogen-bond acceptors (Lipinski definition) is 3. The highest BCUT2D eigenvalue weighted by Gasteiger charge is 2.11. The SMILES string of the molecule is C=CCN(CCO)c1ccc(C(C)NCCC)c(Cl)c1. The Morgan fingerprint density at radius 3 is 2.80 bits per heavy atom. The summed E-state index contributed by atoms with van der Waals surface area (Å²) in [7, 11) is 0. The van der Waals surface area contributed by atoms with Crippen LogP contribution in [-0.4, -0.2) is 31.3 Å². The molecule has 1 rings (SSSR count). The van der Waals surface area contributed by atoms with Crippen molar-refractivity contribution in [1.29, 1.82) is 0 Å². The lowest BCUT2D eigenvalue weighted by Gasteiger charge is -2.24. The van der Waals surface area contributed by atoms with Crippen molar-refractivity contribution in [1.82, 2.24) is 5.32 Å². The van der Waals surface area contributed by atoms with Gasteiger partial charge in [-0.25, -0.2) is 0 Å². The average molecular weight is 297 g/mol. The summed E-state index contributed by atoms with van der Waals surface area (Å²) in [6, 6.07) is 6.30. The summed E-state index contributed by atoms with van der Waals surface area (Å²) in [4.78, 5) is 2.05. The van der Waals surface area contributed by atoms with Gasteiger partial charge in [-0.15, -0.1) is 6.58 Å². The highest BCUT2D eigenvalue weighted by atomic mass is 35.5. The molecule has 0 saturated heterocycles. The van der Waals surface area contributed by atoms with Crippen molar-refractivity contribution < 1.29 is 5.11 Å². The third-order valence-electron chi connectivity index (χ3n) is 3.24. The fourth-order valence-corrected chi connectivity index (χ4v) is 2.48. The van der Waals surface area contributed by atoms with Crippen LogP contribution in [0.1, 0.15) is 31.9 Å². The van der Waals surface area contributed by atoms with Crippen molar-refractivity contribution in [2.75, 3.05) is 31.1 Å². The molecule has 0 spiro atoms. The Kier molecular flexibility index (Phi) is 7.67. The van der Waals surface area contributed by atoms with Gasteiger partial charge < -0.3 is 15.3 Å². The summed E-state index contributed by atoms with van der Waals surface area (Å²) in [5.41, 5.74) is 2.11. The third kappa shape index (κ3) is 4.82. The van der Waals surface area contributed by atoms with Gasteiger partial charge in [0.05, 0.1) is 6.61 Å². The van der Waals surface area contributed by atoms with Gasteiger partial charge in [-0.2, -0.15) is 0 Å². The van der Waals surface area contributed by atoms with Gasteiger partial charge in [-0.3, -0.25) is 0 Å². The van der Waals surface area contributed by atoms with Crippen molar-refractivity contribution in [3.8, 4) is 0 Å². The molecule has 0 aromatic heterocycles. The second kappa shape index (κ2) is 9.01. The fraction of sp³-hybridized carbons (Fsp3) is 0.500. The largest absolute Gasteiger partial charge is 0.395 e. The first-order valence-corrected chi connectivity index (χ1v) is 7.51. The molecule has 112 valence electrons. The zero-order valence-corrected chi connectivity index (χ0v) is 13.2. The molecule has 2 N–H and O–H groups in total. The number of nitrogens with one attached hydrogen (secondary N) is 1. The van der Waals surface area contributed by atoms with Crippen LogP contribution in [0.15, 0.2) is 30.9 Å². The van der Waals surface area contributed by atoms with E-state index in [2.05, 4.69) is 31.8 Å². The number of halogens is 1. The summed E-state index contributed by atoms with van der Waals surface area (Å²) < 4.78 is 0. The van der Waals surface area contributed by atoms with Crippen LogP contribution >= 0.6 is 11.6 Å². The van der Waals surface area contributed by atoms with Crippen molar-refractivity contribution in [2.24, 2.45) is 0 Å². The third-order valence-corrected chi connectivity index (χ3v) is 3.56. The molecular formula is C16H25ClN2O. The van der Waals surface area contributed by atoms with Crippen LogP contribution < -0.4 is 10.2 Å². The van der Waals surface area contributed by atoms with E-state index in [1.54, 1.807) is 0 Å². The molecule has 0 aliphatic heterocycles. The van der Waals surface area contributed by atoms with Gasteiger partial charge in [0.25, 0.3) is 0 Å². The number of benzene rings is 1. The van der Waals surface area contributed by atoms with Crippen LogP contribution in [0.3, 0.4) is 0 Å². The lowest BCUT2D eigenvalue weighted by molar-refractivity contribution is 0.303. The van der Waals surface area contributed by atoms with E-state index < -0.39 is 0 Å². The van der Waals surface area contributed by atoms with Gasteiger partial charge in [-0.05, 0) is 37.6 Å². The molecule has 0 fully saturated rings. The summed E-state index contributed by atoms with van der Waals surface area (Å²) in [5, 5.41) is 13.3. The van der Waals surface area contributed by atoms with Crippen LogP contribution in [0.2, 0.25) is 5.02 Å². The van der Waals surface area contributed by atoms with Crippen molar-refractivity contribution >= 4 is 17.3 Å². The minimum absolute atomic E-state index is 0.113. The molecule has 0 aliphatic rings. The zero-order valence-electron chi connectivity index (χ0n) is 12.4. The maximum atomic E-state index is 9.11. The molecule has 1 aromatic carbocycles. The molecule has 20 heavy (non-hydrogen) atoms. The molecule has 0 radical (unpaired) electrons. The molecule has 1 unspecified atom stereocenters. The summed E-state index contributed by atoms with van der Waals surface area (Å²) in [6.07, 6.45) is 2.92. The van der Waals surface area contributed by atoms with E-state index in [4.69, 9.17) is 16.7 Å². The van der Waals surface area contributed by atoms with Gasteiger partial charge in [0.2, 0.25) is 0 Å². The number of aliphatic hydroxyl groups excluding tert-OH is 1. The van der Waals surface area contributed by atoms with Gasteiger partial charge in [-0.1, -0.05) is 30.7 Å². The summed E-state index contributed by atoms with van der Waals surface area (Å²) in [6.45, 7) is 10.4. The molecule has 4 heteroatoms. The van der Waals surface area contributed by atoms with Crippen LogP contribution in [0.25, 0.3) is 0 Å². The van der Waals surface area contributed by atoms with Gasteiger partial charge in [0.15, 0.2) is 0 Å². The molecule has 1 aromatic rings. The Morgan fingerprint density at radius 1 is 1.50 bits per heavy atom. The Hall–Kier alpha value is -1.03. The first kappa shape index (κ1) is 17.0. The highest BCUT2D eigenvalue weighted by Crippen LogP contribution is 2.28. The van der Waals surface area contributed by atoms with Crippen molar-refractivity contribution in [2.45, 2.75) is 26.3 Å². The number of hydrogen-bond donors (Lipinski definition) is 2. The average Bonchev–Trinajstić information content (AvgIpc) is 2.44. The van der Waals surface area contributed by atoms with E-state index in [1.807, 2.05) is 23.1 Å². The molecular weight excluding hydrogens is 272 g/mol. The van der Waals surface area contributed by atoms with E-state index >= 15 is 0 Å². The quantitative estimate of drug-likeness (QED) is 0.686. The lowest BCUT2D eigenvalue weighted by Crippen LogP contribution is -2.26. The second-order valence-corrected chi connectivity index (χ2v) is 5.25. The maximum Gasteiger partial charge on any atom is 0.0606 e. The Labute approximate surface area is 127 Å². The first-order chi connectivity index (χ1) is 9.63. The van der Waals surface area contributed by atoms with Crippen LogP contribution in [0.5, 0.6) is 0 Å². The zero-order chi connectivity index (χ0) is 15.0. The molecule has 1 atom stereocenters. The van der Waals surface area contributed by atoms with Crippen molar-refractivity contribution in [3.63, 3.8) is 0 Å². The predicted octanol–water partition coefficient (Wildman–Crippen LogP) is 3.39. The van der Waals surface area contributed by atoms with E-state index in [-0.39, 0.29) is 12.6 Å². The number of rotatable bonds is 9. The minimum Gasteiger partial charge on any atom is -0.395 e. The second-order valence-electron chi connectivity index (χ2n) is 4.84. The standard InChI is InChI=1S/C16H25ClN2O/c1-4-8-18-13(3)15-7-6-14(12-16(15)17)19(9-5-2)10-11-20/h5-7,12-13,18,20H,2,4,8-11H2,1,3H3. The van der Waals surface area contributed by atoms with E-state index in [0.29, 0.717) is 13.1 Å². The van der Waals surface area contributed by atoms with Crippen LogP contribution in [0, 0.1) is 0 Å². The van der Waals surface area contributed by atoms with Gasteiger partial charge in [0.1, 0.15) is 0 Å². The molecule has 0 saturated carbocycles. The van der Waals surface area contributed by atoms with Gasteiger partial charge in [0, 0.05) is 29.8 Å². The van der Waals surface area contributed by atoms with Crippen LogP contribution in [0.4, 0.5) is 5.69 Å². The smallest absolute Gasteiger partial charge is 0.0606 e. The Balaban J connectivity index is 2.87. The topological polar surface area (TPSA) is 35.5 Å². The minimum atomic E-state index is 0.113. The van der Waals surface area contributed by atoms with E-state index in [0.717, 1.165) is 29.2 Å². The van der Waals surface area contributed by atoms with Gasteiger partial charge >= 0.3 is 0 Å². The van der Waals surface area contributed by atoms with E-state index in [9.17, 15) is 0 Å².